The van der Waals surface area contributed by atoms with Crippen LogP contribution in [0.1, 0.15) is 33.1 Å². The number of anilines is 1. The molecule has 2 rings (SSSR count). The van der Waals surface area contributed by atoms with Gasteiger partial charge in [0.25, 0.3) is 0 Å². The molecular weight excluding hydrogens is 333 g/mol. The third-order valence-electron chi connectivity index (χ3n) is 4.02. The summed E-state index contributed by atoms with van der Waals surface area (Å²) in [7, 11) is 0. The van der Waals surface area contributed by atoms with Gasteiger partial charge in [-0.3, -0.25) is 4.79 Å². The van der Waals surface area contributed by atoms with Crippen molar-refractivity contribution in [1.82, 2.24) is 5.32 Å². The van der Waals surface area contributed by atoms with Crippen molar-refractivity contribution < 1.29 is 4.79 Å². The zero-order valence-electron chi connectivity index (χ0n) is 13.9. The lowest BCUT2D eigenvalue weighted by Crippen LogP contribution is -2.50. The summed E-state index contributed by atoms with van der Waals surface area (Å²) in [4.78, 5) is 14.4. The Labute approximate surface area is 152 Å². The molecular formula is C17H29Cl2N3O. The minimum Gasteiger partial charge on any atom is -0.371 e. The number of halogens is 2. The predicted octanol–water partition coefficient (Wildman–Crippen LogP) is 2.99. The van der Waals surface area contributed by atoms with Crippen molar-refractivity contribution in [3.8, 4) is 0 Å². The molecule has 3 N–H and O–H groups in total. The van der Waals surface area contributed by atoms with Crippen LogP contribution in [0, 0.1) is 5.92 Å². The number of nitrogens with one attached hydrogen (secondary N) is 1. The first-order valence-corrected chi connectivity index (χ1v) is 7.92. The maximum Gasteiger partial charge on any atom is 0.237 e. The van der Waals surface area contributed by atoms with Crippen molar-refractivity contribution in [2.75, 3.05) is 18.0 Å². The van der Waals surface area contributed by atoms with E-state index in [1.165, 1.54) is 5.69 Å². The highest BCUT2D eigenvalue weighted by Gasteiger charge is 2.23. The highest BCUT2D eigenvalue weighted by Crippen LogP contribution is 2.19. The van der Waals surface area contributed by atoms with Gasteiger partial charge < -0.3 is 16.0 Å². The number of hydrogen-bond donors (Lipinski definition) is 2. The first kappa shape index (κ1) is 22.0. The maximum atomic E-state index is 12.0. The fourth-order valence-electron chi connectivity index (χ4n) is 2.84. The Morgan fingerprint density at radius 1 is 1.22 bits per heavy atom. The summed E-state index contributed by atoms with van der Waals surface area (Å²) in [5.41, 5.74) is 7.19. The molecule has 1 saturated heterocycles. The quantitative estimate of drug-likeness (QED) is 0.847. The van der Waals surface area contributed by atoms with Crippen LogP contribution in [0.3, 0.4) is 0 Å². The van der Waals surface area contributed by atoms with E-state index in [-0.39, 0.29) is 42.8 Å². The molecule has 0 aliphatic carbocycles. The van der Waals surface area contributed by atoms with Crippen LogP contribution in [0.15, 0.2) is 30.3 Å². The van der Waals surface area contributed by atoms with Crippen LogP contribution in [-0.2, 0) is 4.79 Å². The van der Waals surface area contributed by atoms with Crippen molar-refractivity contribution in [2.45, 2.75) is 45.2 Å². The van der Waals surface area contributed by atoms with Gasteiger partial charge in [0.1, 0.15) is 0 Å². The zero-order valence-corrected chi connectivity index (χ0v) is 15.5. The van der Waals surface area contributed by atoms with Gasteiger partial charge in [-0.25, -0.2) is 0 Å². The van der Waals surface area contributed by atoms with E-state index in [9.17, 15) is 4.79 Å². The smallest absolute Gasteiger partial charge is 0.237 e. The van der Waals surface area contributed by atoms with Gasteiger partial charge in [-0.15, -0.1) is 24.8 Å². The maximum absolute atomic E-state index is 12.0. The van der Waals surface area contributed by atoms with Crippen molar-refractivity contribution in [3.63, 3.8) is 0 Å². The number of carbonyl (C=O) groups is 1. The van der Waals surface area contributed by atoms with Gasteiger partial charge in [0.05, 0.1) is 6.04 Å². The molecule has 0 spiro atoms. The molecule has 1 aromatic carbocycles. The number of carbonyl (C=O) groups excluding carboxylic acids is 1. The Morgan fingerprint density at radius 2 is 1.78 bits per heavy atom. The van der Waals surface area contributed by atoms with Gasteiger partial charge in [-0.1, -0.05) is 32.0 Å². The van der Waals surface area contributed by atoms with E-state index in [0.717, 1.165) is 32.4 Å². The summed E-state index contributed by atoms with van der Waals surface area (Å²) < 4.78 is 0. The summed E-state index contributed by atoms with van der Waals surface area (Å²) in [6, 6.07) is 10.3. The average Bonchev–Trinajstić information content (AvgIpc) is 2.48. The number of benzene rings is 1. The summed E-state index contributed by atoms with van der Waals surface area (Å²) >= 11 is 0. The van der Waals surface area contributed by atoms with Crippen LogP contribution < -0.4 is 16.0 Å². The second-order valence-electron chi connectivity index (χ2n) is 6.34. The van der Waals surface area contributed by atoms with Crippen molar-refractivity contribution in [3.05, 3.63) is 30.3 Å². The van der Waals surface area contributed by atoms with Gasteiger partial charge in [0.15, 0.2) is 0 Å². The van der Waals surface area contributed by atoms with E-state index in [1.54, 1.807) is 0 Å². The Balaban J connectivity index is 0.00000242. The second-order valence-corrected chi connectivity index (χ2v) is 6.34. The van der Waals surface area contributed by atoms with Crippen LogP contribution >= 0.6 is 24.8 Å². The molecule has 0 radical (unpaired) electrons. The predicted molar refractivity (Wildman–Crippen MR) is 102 cm³/mol. The van der Waals surface area contributed by atoms with E-state index in [4.69, 9.17) is 5.73 Å². The molecule has 1 fully saturated rings. The lowest BCUT2D eigenvalue weighted by molar-refractivity contribution is -0.123. The number of rotatable bonds is 5. The molecule has 4 nitrogen and oxygen atoms in total. The molecule has 23 heavy (non-hydrogen) atoms. The Bertz CT molecular complexity index is 448. The standard InChI is InChI=1S/C17H27N3O.2ClH/c1-13(2)12-16(18)17(21)19-14-8-10-20(11-9-14)15-6-4-3-5-7-15;;/h3-7,13-14,16H,8-12,18H2,1-2H3,(H,19,21);2*1H/t16-;;/m0../s1. The minimum absolute atomic E-state index is 0. The van der Waals surface area contributed by atoms with Crippen molar-refractivity contribution in [1.29, 1.82) is 0 Å². The molecule has 6 heteroatoms. The summed E-state index contributed by atoms with van der Waals surface area (Å²) in [5.74, 6) is 0.451. The van der Waals surface area contributed by atoms with Crippen molar-refractivity contribution >= 4 is 36.4 Å². The highest BCUT2D eigenvalue weighted by atomic mass is 35.5. The minimum atomic E-state index is -0.378. The third-order valence-corrected chi connectivity index (χ3v) is 4.02. The molecule has 1 amide bonds. The number of piperidine rings is 1. The van der Waals surface area contributed by atoms with Crippen LogP contribution in [0.5, 0.6) is 0 Å². The Kier molecular flexibility index (Phi) is 10.3. The first-order chi connectivity index (χ1) is 10.1. The number of nitrogens with zero attached hydrogens (tertiary/aromatic N) is 1. The Morgan fingerprint density at radius 3 is 2.30 bits per heavy atom. The molecule has 1 aromatic rings. The molecule has 0 unspecified atom stereocenters. The molecule has 1 aliphatic rings. The zero-order chi connectivity index (χ0) is 15.2. The lowest BCUT2D eigenvalue weighted by Gasteiger charge is -2.34. The Hall–Kier alpha value is -0.970. The average molecular weight is 362 g/mol. The highest BCUT2D eigenvalue weighted by molar-refractivity contribution is 5.85. The number of amides is 1. The van der Waals surface area contributed by atoms with E-state index in [1.807, 2.05) is 6.07 Å². The van der Waals surface area contributed by atoms with Gasteiger partial charge in [-0.05, 0) is 37.3 Å². The summed E-state index contributed by atoms with van der Waals surface area (Å²) in [5, 5.41) is 3.11. The third kappa shape index (κ3) is 6.98. The fourth-order valence-corrected chi connectivity index (χ4v) is 2.84. The van der Waals surface area contributed by atoms with Gasteiger partial charge in [0.2, 0.25) is 5.91 Å². The van der Waals surface area contributed by atoms with Crippen molar-refractivity contribution in [2.24, 2.45) is 11.7 Å². The number of para-hydroxylation sites is 1. The normalized spacial score (nSPS) is 16.3. The van der Waals surface area contributed by atoms with Crippen LogP contribution in [0.2, 0.25) is 0 Å². The molecule has 132 valence electrons. The van der Waals surface area contributed by atoms with E-state index >= 15 is 0 Å². The molecule has 1 heterocycles. The van der Waals surface area contributed by atoms with Gasteiger partial charge >= 0.3 is 0 Å². The summed E-state index contributed by atoms with van der Waals surface area (Å²) in [6.07, 6.45) is 2.71. The van der Waals surface area contributed by atoms with Gasteiger partial charge in [-0.2, -0.15) is 0 Å². The van der Waals surface area contributed by atoms with E-state index in [0.29, 0.717) is 5.92 Å². The van der Waals surface area contributed by atoms with Crippen LogP contribution in [0.25, 0.3) is 0 Å². The summed E-state index contributed by atoms with van der Waals surface area (Å²) in [6.45, 7) is 6.14. The molecule has 1 atom stereocenters. The van der Waals surface area contributed by atoms with Gasteiger partial charge in [0, 0.05) is 24.8 Å². The fraction of sp³-hybridized carbons (Fsp3) is 0.588. The second kappa shape index (κ2) is 10.7. The van der Waals surface area contributed by atoms with Crippen LogP contribution in [-0.4, -0.2) is 31.1 Å². The van der Waals surface area contributed by atoms with E-state index in [2.05, 4.69) is 48.3 Å². The van der Waals surface area contributed by atoms with Crippen LogP contribution in [0.4, 0.5) is 5.69 Å². The largest absolute Gasteiger partial charge is 0.371 e. The monoisotopic (exact) mass is 361 g/mol. The van der Waals surface area contributed by atoms with E-state index < -0.39 is 0 Å². The first-order valence-electron chi connectivity index (χ1n) is 7.92. The molecule has 0 bridgehead atoms. The molecule has 1 aliphatic heterocycles. The number of nitrogens with two attached hydrogens (primary N) is 1. The number of hydrogen-bond acceptors (Lipinski definition) is 3. The lowest BCUT2D eigenvalue weighted by atomic mass is 10.0. The topological polar surface area (TPSA) is 58.4 Å². The molecule has 0 aromatic heterocycles. The molecule has 0 saturated carbocycles. The SMILES string of the molecule is CC(C)C[C@H](N)C(=O)NC1CCN(c2ccccc2)CC1.Cl.Cl.